The van der Waals surface area contributed by atoms with Crippen LogP contribution in [0.3, 0.4) is 0 Å². The lowest BCUT2D eigenvalue weighted by Crippen LogP contribution is -2.36. The molecule has 0 atom stereocenters. The topological polar surface area (TPSA) is 53.1 Å². The molecule has 16 heavy (non-hydrogen) atoms. The van der Waals surface area contributed by atoms with Crippen molar-refractivity contribution in [2.75, 3.05) is 5.01 Å². The van der Waals surface area contributed by atoms with E-state index in [4.69, 9.17) is 0 Å². The van der Waals surface area contributed by atoms with Gasteiger partial charge in [-0.3, -0.25) is 0 Å². The monoisotopic (exact) mass is 233 g/mol. The van der Waals surface area contributed by atoms with Gasteiger partial charge in [0.1, 0.15) is 5.82 Å². The fourth-order valence-corrected chi connectivity index (χ4v) is 2.41. The van der Waals surface area contributed by atoms with Gasteiger partial charge in [0.05, 0.1) is 10.2 Å². The van der Waals surface area contributed by atoms with Crippen LogP contribution in [0.1, 0.15) is 12.7 Å². The molecule has 0 aromatic carbocycles. The van der Waals surface area contributed by atoms with Crippen LogP contribution in [0.2, 0.25) is 0 Å². The number of anilines is 1. The number of hydrogen-bond acceptors (Lipinski definition) is 6. The fraction of sp³-hybridized carbons (Fsp3) is 0.200. The van der Waals surface area contributed by atoms with Crippen molar-refractivity contribution in [1.82, 2.24) is 20.9 Å². The predicted molar refractivity (Wildman–Crippen MR) is 64.7 cm³/mol. The first-order valence-corrected chi connectivity index (χ1v) is 5.97. The molecule has 1 aliphatic heterocycles. The highest BCUT2D eigenvalue weighted by Crippen LogP contribution is 2.28. The summed E-state index contributed by atoms with van der Waals surface area (Å²) in [5.74, 6) is 1.76. The number of nitrogens with one attached hydrogen (secondary N) is 2. The smallest absolute Gasteiger partial charge is 0.170 e. The molecule has 2 N–H and O–H groups in total. The highest BCUT2D eigenvalue weighted by molar-refractivity contribution is 7.17. The minimum absolute atomic E-state index is 0.837. The Balaban J connectivity index is 2.19. The van der Waals surface area contributed by atoms with Gasteiger partial charge in [0.15, 0.2) is 5.82 Å². The lowest BCUT2D eigenvalue weighted by atomic mass is 10.4. The third-order valence-corrected chi connectivity index (χ3v) is 3.27. The zero-order valence-corrected chi connectivity index (χ0v) is 9.58. The first-order valence-electron chi connectivity index (χ1n) is 5.09. The van der Waals surface area contributed by atoms with Crippen LogP contribution in [0, 0.1) is 0 Å². The highest BCUT2D eigenvalue weighted by Gasteiger charge is 2.15. The van der Waals surface area contributed by atoms with Crippen molar-refractivity contribution >= 4 is 27.4 Å². The van der Waals surface area contributed by atoms with Gasteiger partial charge in [0.25, 0.3) is 0 Å². The van der Waals surface area contributed by atoms with Crippen LogP contribution < -0.4 is 16.0 Å². The number of rotatable bonds is 2. The van der Waals surface area contributed by atoms with Crippen LogP contribution in [-0.2, 0) is 6.42 Å². The van der Waals surface area contributed by atoms with Crippen LogP contribution in [0.5, 0.6) is 0 Å². The minimum Gasteiger partial charge on any atom is -0.309 e. The van der Waals surface area contributed by atoms with Crippen molar-refractivity contribution in [3.05, 3.63) is 29.7 Å². The molecule has 0 bridgehead atoms. The summed E-state index contributed by atoms with van der Waals surface area (Å²) in [4.78, 5) is 9.03. The van der Waals surface area contributed by atoms with Crippen LogP contribution in [-0.4, -0.2) is 9.97 Å². The molecule has 0 radical (unpaired) electrons. The first kappa shape index (κ1) is 9.56. The number of thiophene rings is 1. The van der Waals surface area contributed by atoms with Gasteiger partial charge in [-0.15, -0.1) is 16.9 Å². The summed E-state index contributed by atoms with van der Waals surface area (Å²) < 4.78 is 1.10. The van der Waals surface area contributed by atoms with Gasteiger partial charge in [-0.05, 0) is 11.4 Å². The molecule has 0 unspecified atom stereocenters. The van der Waals surface area contributed by atoms with Gasteiger partial charge in [-0.25, -0.2) is 15.0 Å². The lowest BCUT2D eigenvalue weighted by molar-refractivity contribution is 0.673. The van der Waals surface area contributed by atoms with Gasteiger partial charge >= 0.3 is 0 Å². The Morgan fingerprint density at radius 1 is 1.44 bits per heavy atom. The van der Waals surface area contributed by atoms with E-state index in [9.17, 15) is 0 Å². The van der Waals surface area contributed by atoms with E-state index in [2.05, 4.69) is 27.9 Å². The maximum atomic E-state index is 4.55. The number of hydrazine groups is 2. The van der Waals surface area contributed by atoms with Crippen molar-refractivity contribution in [3.8, 4) is 0 Å². The zero-order chi connectivity index (χ0) is 11.0. The van der Waals surface area contributed by atoms with Crippen LogP contribution in [0.25, 0.3) is 10.2 Å². The molecule has 2 aromatic rings. The Morgan fingerprint density at radius 3 is 3.12 bits per heavy atom. The summed E-state index contributed by atoms with van der Waals surface area (Å²) in [5, 5.41) is 3.90. The number of aromatic nitrogens is 2. The summed E-state index contributed by atoms with van der Waals surface area (Å²) in [5.41, 5.74) is 6.91. The van der Waals surface area contributed by atoms with Gasteiger partial charge in [0.2, 0.25) is 0 Å². The SMILES string of the molecule is CCc1nc(N2C=CNN2)c2sccc2n1. The maximum Gasteiger partial charge on any atom is 0.170 e. The molecular formula is C10H11N5S. The Kier molecular flexibility index (Phi) is 2.23. The molecule has 0 aliphatic carbocycles. The first-order chi connectivity index (χ1) is 7.88. The van der Waals surface area contributed by atoms with Gasteiger partial charge in [-0.2, -0.15) is 0 Å². The van der Waals surface area contributed by atoms with Crippen LogP contribution in [0.15, 0.2) is 23.8 Å². The van der Waals surface area contributed by atoms with Gasteiger partial charge < -0.3 is 5.43 Å². The molecule has 0 spiro atoms. The van der Waals surface area contributed by atoms with Crippen LogP contribution in [0.4, 0.5) is 5.82 Å². The summed E-state index contributed by atoms with van der Waals surface area (Å²) in [6, 6.07) is 2.03. The second-order valence-corrected chi connectivity index (χ2v) is 4.31. The average Bonchev–Trinajstić information content (AvgIpc) is 2.98. The molecular weight excluding hydrogens is 222 g/mol. The normalized spacial score (nSPS) is 14.7. The summed E-state index contributed by atoms with van der Waals surface area (Å²) in [6.07, 6.45) is 4.57. The molecule has 5 nitrogen and oxygen atoms in total. The quantitative estimate of drug-likeness (QED) is 0.824. The molecule has 0 fully saturated rings. The fourth-order valence-electron chi connectivity index (χ4n) is 1.60. The number of nitrogens with zero attached hydrogens (tertiary/aromatic N) is 3. The Labute approximate surface area is 96.8 Å². The second-order valence-electron chi connectivity index (χ2n) is 3.39. The number of hydrogen-bond donors (Lipinski definition) is 2. The summed E-state index contributed by atoms with van der Waals surface area (Å²) >= 11 is 1.65. The van der Waals surface area contributed by atoms with Gasteiger partial charge in [0, 0.05) is 18.8 Å². The summed E-state index contributed by atoms with van der Waals surface area (Å²) in [6.45, 7) is 2.06. The average molecular weight is 233 g/mol. The van der Waals surface area contributed by atoms with Crippen molar-refractivity contribution in [1.29, 1.82) is 0 Å². The molecule has 1 aliphatic rings. The van der Waals surface area contributed by atoms with Gasteiger partial charge in [-0.1, -0.05) is 6.92 Å². The second kappa shape index (κ2) is 3.73. The molecule has 0 amide bonds. The predicted octanol–water partition coefficient (Wildman–Crippen LogP) is 1.55. The Bertz CT molecular complexity index is 547. The Morgan fingerprint density at radius 2 is 2.38 bits per heavy atom. The third kappa shape index (κ3) is 1.43. The van der Waals surface area contributed by atoms with E-state index in [1.807, 2.05) is 28.9 Å². The van der Waals surface area contributed by atoms with Crippen molar-refractivity contribution < 1.29 is 0 Å². The molecule has 2 aromatic heterocycles. The standard InChI is InChI=1S/C10H11N5S/c1-2-8-12-7-3-6-16-9(7)10(13-8)15-5-4-11-14-15/h3-6,11,14H,2H2,1H3. The maximum absolute atomic E-state index is 4.55. The van der Waals surface area contributed by atoms with E-state index in [1.165, 1.54) is 0 Å². The van der Waals surface area contributed by atoms with E-state index in [0.29, 0.717) is 0 Å². The van der Waals surface area contributed by atoms with Crippen molar-refractivity contribution in [3.63, 3.8) is 0 Å². The van der Waals surface area contributed by atoms with E-state index < -0.39 is 0 Å². The number of aryl methyl sites for hydroxylation is 1. The molecule has 6 heteroatoms. The van der Waals surface area contributed by atoms with Crippen LogP contribution >= 0.6 is 11.3 Å². The Hall–Kier alpha value is -1.66. The minimum atomic E-state index is 0.837. The lowest BCUT2D eigenvalue weighted by Gasteiger charge is -2.15. The third-order valence-electron chi connectivity index (χ3n) is 2.37. The summed E-state index contributed by atoms with van der Waals surface area (Å²) in [7, 11) is 0. The highest BCUT2D eigenvalue weighted by atomic mass is 32.1. The molecule has 3 heterocycles. The zero-order valence-electron chi connectivity index (χ0n) is 8.77. The van der Waals surface area contributed by atoms with E-state index in [1.54, 1.807) is 11.3 Å². The van der Waals surface area contributed by atoms with E-state index >= 15 is 0 Å². The molecule has 0 saturated carbocycles. The van der Waals surface area contributed by atoms with Crippen molar-refractivity contribution in [2.45, 2.75) is 13.3 Å². The molecule has 0 saturated heterocycles. The molecule has 82 valence electrons. The van der Waals surface area contributed by atoms with Crippen molar-refractivity contribution in [2.24, 2.45) is 0 Å². The largest absolute Gasteiger partial charge is 0.309 e. The van der Waals surface area contributed by atoms with E-state index in [0.717, 1.165) is 28.3 Å². The molecule has 3 rings (SSSR count). The number of fused-ring (bicyclic) bond motifs is 1. The van der Waals surface area contributed by atoms with E-state index in [-0.39, 0.29) is 0 Å².